The van der Waals surface area contributed by atoms with Crippen LogP contribution in [0.1, 0.15) is 0 Å². The van der Waals surface area contributed by atoms with E-state index in [1.165, 1.54) is 0 Å². The van der Waals surface area contributed by atoms with Gasteiger partial charge in [-0.05, 0) is 24.3 Å². The molecule has 5 nitrogen and oxygen atoms in total. The van der Waals surface area contributed by atoms with Gasteiger partial charge in [0.25, 0.3) is 0 Å². The van der Waals surface area contributed by atoms with Crippen molar-refractivity contribution in [2.24, 2.45) is 0 Å². The van der Waals surface area contributed by atoms with Crippen LogP contribution in [0.5, 0.6) is 0 Å². The fourth-order valence-corrected chi connectivity index (χ4v) is 2.25. The summed E-state index contributed by atoms with van der Waals surface area (Å²) in [5.41, 5.74) is 2.87. The lowest BCUT2D eigenvalue weighted by molar-refractivity contribution is 1.12. The molecule has 2 heterocycles. The van der Waals surface area contributed by atoms with Gasteiger partial charge in [0.2, 0.25) is 0 Å². The zero-order valence-electron chi connectivity index (χ0n) is 10.5. The first kappa shape index (κ1) is 10.9. The van der Waals surface area contributed by atoms with Crippen molar-refractivity contribution in [1.82, 2.24) is 20.2 Å². The molecular weight excluding hydrogens is 250 g/mol. The number of benzene rings is 2. The SMILES string of the molecule is c1ccc(Nc2ncnc3cc4cn[nH]c4cc23)cc1. The van der Waals surface area contributed by atoms with E-state index in [2.05, 4.69) is 25.5 Å². The molecule has 0 fully saturated rings. The quantitative estimate of drug-likeness (QED) is 0.581. The summed E-state index contributed by atoms with van der Waals surface area (Å²) in [7, 11) is 0. The Morgan fingerprint density at radius 1 is 1.00 bits per heavy atom. The van der Waals surface area contributed by atoms with Crippen LogP contribution in [-0.2, 0) is 0 Å². The molecule has 0 radical (unpaired) electrons. The zero-order chi connectivity index (χ0) is 13.4. The summed E-state index contributed by atoms with van der Waals surface area (Å²) in [5.74, 6) is 0.790. The van der Waals surface area contributed by atoms with Crippen molar-refractivity contribution in [2.45, 2.75) is 0 Å². The summed E-state index contributed by atoms with van der Waals surface area (Å²) in [6.07, 6.45) is 3.36. The van der Waals surface area contributed by atoms with Gasteiger partial charge in [0.05, 0.1) is 17.2 Å². The van der Waals surface area contributed by atoms with Gasteiger partial charge in [-0.25, -0.2) is 9.97 Å². The molecule has 5 heteroatoms. The van der Waals surface area contributed by atoms with Gasteiger partial charge in [0, 0.05) is 16.5 Å². The Labute approximate surface area is 114 Å². The minimum absolute atomic E-state index is 0.790. The molecule has 2 N–H and O–H groups in total. The molecule has 0 spiro atoms. The molecule has 0 saturated carbocycles. The largest absolute Gasteiger partial charge is 0.340 e. The predicted molar refractivity (Wildman–Crippen MR) is 78.9 cm³/mol. The minimum atomic E-state index is 0.790. The summed E-state index contributed by atoms with van der Waals surface area (Å²) in [6.45, 7) is 0. The molecule has 0 saturated heterocycles. The molecule has 0 aliphatic rings. The summed E-state index contributed by atoms with van der Waals surface area (Å²) >= 11 is 0. The third-order valence-electron chi connectivity index (χ3n) is 3.23. The smallest absolute Gasteiger partial charge is 0.141 e. The molecule has 4 aromatic rings. The molecule has 4 rings (SSSR count). The van der Waals surface area contributed by atoms with Crippen molar-refractivity contribution in [3.05, 3.63) is 55.0 Å². The molecule has 0 amide bonds. The lowest BCUT2D eigenvalue weighted by Crippen LogP contribution is -1.95. The number of nitrogens with one attached hydrogen (secondary N) is 2. The molecule has 0 atom stereocenters. The fraction of sp³-hybridized carbons (Fsp3) is 0. The topological polar surface area (TPSA) is 66.5 Å². The van der Waals surface area contributed by atoms with E-state index < -0.39 is 0 Å². The highest BCUT2D eigenvalue weighted by molar-refractivity contribution is 5.99. The first-order valence-corrected chi connectivity index (χ1v) is 6.30. The van der Waals surface area contributed by atoms with Crippen molar-refractivity contribution in [3.8, 4) is 0 Å². The molecule has 0 aliphatic heterocycles. The van der Waals surface area contributed by atoms with Gasteiger partial charge in [-0.1, -0.05) is 18.2 Å². The second-order valence-electron chi connectivity index (χ2n) is 4.54. The van der Waals surface area contributed by atoms with E-state index in [0.717, 1.165) is 33.3 Å². The average Bonchev–Trinajstić information content (AvgIpc) is 2.94. The highest BCUT2D eigenvalue weighted by Crippen LogP contribution is 2.26. The van der Waals surface area contributed by atoms with Crippen LogP contribution in [0.25, 0.3) is 21.8 Å². The van der Waals surface area contributed by atoms with Gasteiger partial charge in [-0.2, -0.15) is 5.10 Å². The minimum Gasteiger partial charge on any atom is -0.340 e. The number of fused-ring (bicyclic) bond motifs is 2. The van der Waals surface area contributed by atoms with E-state index in [1.54, 1.807) is 12.5 Å². The van der Waals surface area contributed by atoms with Crippen LogP contribution in [0.4, 0.5) is 11.5 Å². The van der Waals surface area contributed by atoms with Gasteiger partial charge in [-0.3, -0.25) is 5.10 Å². The van der Waals surface area contributed by atoms with Crippen molar-refractivity contribution in [2.75, 3.05) is 5.32 Å². The standard InChI is InChI=1S/C15H11N5/c1-2-4-11(5-3-1)19-15-12-7-13-10(8-18-20-13)6-14(12)16-9-17-15/h1-9H,(H,18,20)(H,16,17,19). The van der Waals surface area contributed by atoms with E-state index in [-0.39, 0.29) is 0 Å². The van der Waals surface area contributed by atoms with Crippen LogP contribution in [0.15, 0.2) is 55.0 Å². The van der Waals surface area contributed by atoms with Crippen molar-refractivity contribution in [3.63, 3.8) is 0 Å². The van der Waals surface area contributed by atoms with E-state index >= 15 is 0 Å². The maximum Gasteiger partial charge on any atom is 0.141 e. The monoisotopic (exact) mass is 261 g/mol. The lowest BCUT2D eigenvalue weighted by Gasteiger charge is -2.08. The van der Waals surface area contributed by atoms with E-state index in [0.29, 0.717) is 0 Å². The van der Waals surface area contributed by atoms with Gasteiger partial charge in [-0.15, -0.1) is 0 Å². The van der Waals surface area contributed by atoms with Gasteiger partial charge in [0.15, 0.2) is 0 Å². The molecule has 0 unspecified atom stereocenters. The van der Waals surface area contributed by atoms with Gasteiger partial charge >= 0.3 is 0 Å². The fourth-order valence-electron chi connectivity index (χ4n) is 2.25. The molecule has 0 bridgehead atoms. The zero-order valence-corrected chi connectivity index (χ0v) is 10.5. The van der Waals surface area contributed by atoms with Crippen LogP contribution in [0.2, 0.25) is 0 Å². The van der Waals surface area contributed by atoms with Crippen LogP contribution in [0.3, 0.4) is 0 Å². The number of aromatic amines is 1. The van der Waals surface area contributed by atoms with E-state index in [4.69, 9.17) is 0 Å². The van der Waals surface area contributed by atoms with E-state index in [1.807, 2.05) is 42.5 Å². The number of aromatic nitrogens is 4. The molecule has 2 aromatic carbocycles. The maximum atomic E-state index is 4.34. The summed E-state index contributed by atoms with van der Waals surface area (Å²) < 4.78 is 0. The number of nitrogens with zero attached hydrogens (tertiary/aromatic N) is 3. The highest BCUT2D eigenvalue weighted by Gasteiger charge is 2.06. The molecular formula is C15H11N5. The van der Waals surface area contributed by atoms with Gasteiger partial charge in [0.1, 0.15) is 12.1 Å². The Hall–Kier alpha value is -2.95. The summed E-state index contributed by atoms with van der Waals surface area (Å²) in [4.78, 5) is 8.66. The number of para-hydroxylation sites is 1. The Bertz CT molecular complexity index is 882. The van der Waals surface area contributed by atoms with Crippen LogP contribution >= 0.6 is 0 Å². The van der Waals surface area contributed by atoms with Crippen molar-refractivity contribution >= 4 is 33.3 Å². The molecule has 0 aliphatic carbocycles. The third-order valence-corrected chi connectivity index (χ3v) is 3.23. The Morgan fingerprint density at radius 3 is 2.80 bits per heavy atom. The third kappa shape index (κ3) is 1.76. The normalized spacial score (nSPS) is 11.0. The van der Waals surface area contributed by atoms with Crippen LogP contribution in [0, 0.1) is 0 Å². The predicted octanol–water partition coefficient (Wildman–Crippen LogP) is 3.25. The number of hydrogen-bond acceptors (Lipinski definition) is 4. The average molecular weight is 261 g/mol. The molecule has 20 heavy (non-hydrogen) atoms. The summed E-state index contributed by atoms with van der Waals surface area (Å²) in [6, 6.07) is 14.0. The Morgan fingerprint density at radius 2 is 1.90 bits per heavy atom. The first-order chi connectivity index (χ1) is 9.90. The van der Waals surface area contributed by atoms with Gasteiger partial charge < -0.3 is 5.32 Å². The second-order valence-corrected chi connectivity index (χ2v) is 4.54. The Balaban J connectivity index is 1.90. The lowest BCUT2D eigenvalue weighted by atomic mass is 10.1. The second kappa shape index (κ2) is 4.31. The maximum absolute atomic E-state index is 4.34. The molecule has 2 aromatic heterocycles. The molecule has 96 valence electrons. The number of H-pyrrole nitrogens is 1. The van der Waals surface area contributed by atoms with Crippen molar-refractivity contribution < 1.29 is 0 Å². The number of rotatable bonds is 2. The summed E-state index contributed by atoms with van der Waals surface area (Å²) in [5, 5.41) is 12.3. The van der Waals surface area contributed by atoms with Crippen molar-refractivity contribution in [1.29, 1.82) is 0 Å². The first-order valence-electron chi connectivity index (χ1n) is 6.30. The highest BCUT2D eigenvalue weighted by atomic mass is 15.1. The Kier molecular flexibility index (Phi) is 2.35. The van der Waals surface area contributed by atoms with E-state index in [9.17, 15) is 0 Å². The van der Waals surface area contributed by atoms with Crippen LogP contribution in [-0.4, -0.2) is 20.2 Å². The number of hydrogen-bond donors (Lipinski definition) is 2. The van der Waals surface area contributed by atoms with Crippen LogP contribution < -0.4 is 5.32 Å². The number of anilines is 2.